The normalized spacial score (nSPS) is 12.6. The zero-order valence-corrected chi connectivity index (χ0v) is 26.1. The van der Waals surface area contributed by atoms with Gasteiger partial charge in [-0.05, 0) is 62.4 Å². The minimum absolute atomic E-state index is 0.381. The first-order chi connectivity index (χ1) is 20.9. The van der Waals surface area contributed by atoms with Crippen molar-refractivity contribution in [3.63, 3.8) is 0 Å². The van der Waals surface area contributed by atoms with Crippen LogP contribution in [0.4, 0.5) is 11.4 Å². The third kappa shape index (κ3) is 9.05. The molecule has 0 bridgehead atoms. The maximum Gasteiger partial charge on any atom is 0.169 e. The highest BCUT2D eigenvalue weighted by atomic mass is 16.5. The van der Waals surface area contributed by atoms with Gasteiger partial charge in [-0.1, -0.05) is 39.3 Å². The first-order valence-corrected chi connectivity index (χ1v) is 14.7. The average Bonchev–Trinajstić information content (AvgIpc) is 3.03. The third-order valence-corrected chi connectivity index (χ3v) is 6.67. The number of fused-ring (bicyclic) bond motifs is 1. The number of ether oxygens (including phenoxy) is 4. The zero-order valence-electron chi connectivity index (χ0n) is 26.1. The summed E-state index contributed by atoms with van der Waals surface area (Å²) >= 11 is 0. The van der Waals surface area contributed by atoms with E-state index in [9.17, 15) is 10.4 Å². The van der Waals surface area contributed by atoms with Crippen LogP contribution in [0, 0.1) is 11.3 Å². The smallest absolute Gasteiger partial charge is 0.169 e. The molecule has 0 saturated carbocycles. The minimum Gasteiger partial charge on any atom is -0.493 e. The Kier molecular flexibility index (Phi) is 13.0. The quantitative estimate of drug-likeness (QED) is 0.142. The molecule has 9 heteroatoms. The van der Waals surface area contributed by atoms with Gasteiger partial charge in [0, 0.05) is 29.5 Å². The molecule has 1 aliphatic rings. The fraction of sp³-hybridized carbons (Fsp3) is 0.382. The maximum absolute atomic E-state index is 9.94. The van der Waals surface area contributed by atoms with Crippen LogP contribution in [0.3, 0.4) is 0 Å². The van der Waals surface area contributed by atoms with Gasteiger partial charge in [0.15, 0.2) is 23.0 Å². The number of benzene rings is 3. The molecule has 230 valence electrons. The lowest BCUT2D eigenvalue weighted by Gasteiger charge is -2.25. The van der Waals surface area contributed by atoms with Crippen LogP contribution in [0.2, 0.25) is 0 Å². The Morgan fingerprint density at radius 3 is 2.28 bits per heavy atom. The number of rotatable bonds is 13. The second kappa shape index (κ2) is 16.9. The highest BCUT2D eigenvalue weighted by Gasteiger charge is 2.22. The summed E-state index contributed by atoms with van der Waals surface area (Å²) in [6.07, 6.45) is 2.23. The molecule has 0 radical (unpaired) electrons. The van der Waals surface area contributed by atoms with Crippen molar-refractivity contribution in [3.05, 3.63) is 71.8 Å². The largest absolute Gasteiger partial charge is 0.493 e. The van der Waals surface area contributed by atoms with Gasteiger partial charge >= 0.3 is 0 Å². The van der Waals surface area contributed by atoms with Crippen molar-refractivity contribution in [3.8, 4) is 34.8 Å². The first-order valence-electron chi connectivity index (χ1n) is 14.7. The SMILES string of the molecule is CCC.CCC(O)N(C)CCCOc1cc2c(cc1OC)C(Nc1ccc(Oc3ccccc3OC)cc1)=C(C#N)CN2. The van der Waals surface area contributed by atoms with Crippen molar-refractivity contribution < 1.29 is 24.1 Å². The predicted molar refractivity (Wildman–Crippen MR) is 172 cm³/mol. The standard InChI is InChI=1S/C31H36N4O5.C3H8/c1-5-30(36)35(2)15-8-16-39-29-18-25-24(17-28(29)38-4)31(21(19-32)20-33-25)34-22-11-13-23(14-12-22)40-27-10-7-6-9-26(27)37-3;1-3-2/h6-7,9-14,17-18,30,33-34,36H,5,8,15-16,20H2,1-4H3;3H2,1-2H3. The van der Waals surface area contributed by atoms with Crippen LogP contribution in [-0.2, 0) is 0 Å². The molecule has 1 unspecified atom stereocenters. The second-order valence-corrected chi connectivity index (χ2v) is 10.0. The number of aliphatic hydroxyl groups is 1. The molecule has 0 saturated heterocycles. The maximum atomic E-state index is 9.94. The summed E-state index contributed by atoms with van der Waals surface area (Å²) in [5, 5.41) is 26.5. The Hall–Kier alpha value is -4.39. The molecule has 4 rings (SSSR count). The lowest BCUT2D eigenvalue weighted by molar-refractivity contribution is 0.0170. The summed E-state index contributed by atoms with van der Waals surface area (Å²) in [6.45, 7) is 7.77. The Labute approximate surface area is 255 Å². The fourth-order valence-electron chi connectivity index (χ4n) is 4.40. The van der Waals surface area contributed by atoms with E-state index in [0.717, 1.165) is 23.4 Å². The van der Waals surface area contributed by atoms with Gasteiger partial charge in [-0.25, -0.2) is 0 Å². The summed E-state index contributed by atoms with van der Waals surface area (Å²) in [6, 6.07) is 21.1. The summed E-state index contributed by atoms with van der Waals surface area (Å²) in [5.74, 6) is 3.13. The molecule has 0 aliphatic carbocycles. The number of nitrogens with zero attached hydrogens (tertiary/aromatic N) is 2. The molecular formula is C34H44N4O5. The number of anilines is 2. The molecule has 0 aromatic heterocycles. The zero-order chi connectivity index (χ0) is 31.2. The molecule has 1 heterocycles. The van der Waals surface area contributed by atoms with E-state index in [1.807, 2.05) is 79.5 Å². The van der Waals surface area contributed by atoms with Gasteiger partial charge in [-0.15, -0.1) is 0 Å². The van der Waals surface area contributed by atoms with Crippen molar-refractivity contribution in [2.24, 2.45) is 0 Å². The van der Waals surface area contributed by atoms with E-state index in [2.05, 4.69) is 30.6 Å². The van der Waals surface area contributed by atoms with Crippen molar-refractivity contribution in [1.29, 1.82) is 5.26 Å². The Bertz CT molecular complexity index is 1380. The van der Waals surface area contributed by atoms with Crippen molar-refractivity contribution in [2.75, 3.05) is 51.6 Å². The van der Waals surface area contributed by atoms with Gasteiger partial charge in [0.1, 0.15) is 12.0 Å². The van der Waals surface area contributed by atoms with E-state index in [0.29, 0.717) is 66.1 Å². The molecule has 43 heavy (non-hydrogen) atoms. The summed E-state index contributed by atoms with van der Waals surface area (Å²) < 4.78 is 23.0. The lowest BCUT2D eigenvalue weighted by atomic mass is 9.99. The molecule has 3 aromatic rings. The highest BCUT2D eigenvalue weighted by molar-refractivity contribution is 5.91. The number of hydrogen-bond acceptors (Lipinski definition) is 9. The van der Waals surface area contributed by atoms with E-state index in [-0.39, 0.29) is 0 Å². The molecule has 0 amide bonds. The molecule has 3 aromatic carbocycles. The predicted octanol–water partition coefficient (Wildman–Crippen LogP) is 7.11. The van der Waals surface area contributed by atoms with E-state index in [1.54, 1.807) is 14.2 Å². The number of para-hydroxylation sites is 2. The number of nitrogens with one attached hydrogen (secondary N) is 2. The van der Waals surface area contributed by atoms with Crippen LogP contribution >= 0.6 is 0 Å². The van der Waals surface area contributed by atoms with Crippen molar-refractivity contribution >= 4 is 17.1 Å². The second-order valence-electron chi connectivity index (χ2n) is 10.0. The van der Waals surface area contributed by atoms with Gasteiger partial charge in [-0.2, -0.15) is 5.26 Å². The van der Waals surface area contributed by atoms with Gasteiger partial charge in [-0.3, -0.25) is 4.90 Å². The van der Waals surface area contributed by atoms with Gasteiger partial charge in [0.25, 0.3) is 0 Å². The molecule has 1 atom stereocenters. The topological polar surface area (TPSA) is 108 Å². The number of nitriles is 1. The molecule has 0 spiro atoms. The van der Waals surface area contributed by atoms with Gasteiger partial charge < -0.3 is 34.7 Å². The van der Waals surface area contributed by atoms with Crippen molar-refractivity contribution in [1.82, 2.24) is 4.90 Å². The molecular weight excluding hydrogens is 544 g/mol. The minimum atomic E-state index is -0.453. The van der Waals surface area contributed by atoms with Gasteiger partial charge in [0.2, 0.25) is 0 Å². The third-order valence-electron chi connectivity index (χ3n) is 6.67. The first kappa shape index (κ1) is 33.1. The van der Waals surface area contributed by atoms with Crippen LogP contribution in [0.5, 0.6) is 28.7 Å². The monoisotopic (exact) mass is 588 g/mol. The lowest BCUT2D eigenvalue weighted by Crippen LogP contribution is -2.32. The van der Waals surface area contributed by atoms with Crippen LogP contribution in [0.1, 0.15) is 45.6 Å². The van der Waals surface area contributed by atoms with E-state index >= 15 is 0 Å². The number of methoxy groups -OCH3 is 2. The molecule has 3 N–H and O–H groups in total. The van der Waals surface area contributed by atoms with Crippen LogP contribution < -0.4 is 29.6 Å². The van der Waals surface area contributed by atoms with Crippen LogP contribution in [-0.4, -0.2) is 57.2 Å². The van der Waals surface area contributed by atoms with E-state index in [1.165, 1.54) is 6.42 Å². The Morgan fingerprint density at radius 1 is 0.977 bits per heavy atom. The number of hydrogen-bond donors (Lipinski definition) is 3. The highest BCUT2D eigenvalue weighted by Crippen LogP contribution is 2.40. The molecule has 1 aliphatic heterocycles. The van der Waals surface area contributed by atoms with E-state index in [4.69, 9.17) is 18.9 Å². The summed E-state index contributed by atoms with van der Waals surface area (Å²) in [4.78, 5) is 1.90. The molecule has 9 nitrogen and oxygen atoms in total. The van der Waals surface area contributed by atoms with Crippen LogP contribution in [0.15, 0.2) is 66.2 Å². The average molecular weight is 589 g/mol. The summed E-state index contributed by atoms with van der Waals surface area (Å²) in [7, 11) is 5.10. The summed E-state index contributed by atoms with van der Waals surface area (Å²) in [5.41, 5.74) is 3.74. The van der Waals surface area contributed by atoms with E-state index < -0.39 is 6.23 Å². The Balaban J connectivity index is 0.00000162. The molecule has 0 fully saturated rings. The Morgan fingerprint density at radius 2 is 1.65 bits per heavy atom. The number of aliphatic hydroxyl groups excluding tert-OH is 1. The van der Waals surface area contributed by atoms with Crippen LogP contribution in [0.25, 0.3) is 5.70 Å². The van der Waals surface area contributed by atoms with Gasteiger partial charge in [0.05, 0.1) is 44.7 Å². The van der Waals surface area contributed by atoms with Crippen molar-refractivity contribution in [2.45, 2.75) is 46.3 Å². The fourth-order valence-corrected chi connectivity index (χ4v) is 4.40.